The first-order valence-corrected chi connectivity index (χ1v) is 8.51. The second-order valence-corrected chi connectivity index (χ2v) is 6.36. The van der Waals surface area contributed by atoms with Crippen molar-refractivity contribution >= 4 is 11.7 Å². The van der Waals surface area contributed by atoms with Gasteiger partial charge in [0.15, 0.2) is 0 Å². The van der Waals surface area contributed by atoms with Gasteiger partial charge in [-0.15, -0.1) is 0 Å². The lowest BCUT2D eigenvalue weighted by Gasteiger charge is -2.42. The molecule has 2 atom stereocenters. The fraction of sp³-hybridized carbons (Fsp3) is 0.421. The zero-order valence-electron chi connectivity index (χ0n) is 14.3. The Morgan fingerprint density at radius 1 is 1.29 bits per heavy atom. The van der Waals surface area contributed by atoms with Crippen molar-refractivity contribution < 1.29 is 4.79 Å². The van der Waals surface area contributed by atoms with Gasteiger partial charge in [-0.2, -0.15) is 0 Å². The lowest BCUT2D eigenvalue weighted by molar-refractivity contribution is -0.119. The zero-order valence-corrected chi connectivity index (χ0v) is 14.3. The monoisotopic (exact) mass is 324 g/mol. The van der Waals surface area contributed by atoms with Crippen LogP contribution in [-0.2, 0) is 11.2 Å². The summed E-state index contributed by atoms with van der Waals surface area (Å²) in [5, 5.41) is 3.14. The molecule has 0 unspecified atom stereocenters. The molecule has 1 N–H and O–H groups in total. The normalized spacial score (nSPS) is 20.7. The maximum absolute atomic E-state index is 11.7. The van der Waals surface area contributed by atoms with E-state index < -0.39 is 0 Å². The van der Waals surface area contributed by atoms with Crippen LogP contribution in [0.5, 0.6) is 0 Å². The van der Waals surface area contributed by atoms with Crippen molar-refractivity contribution in [3.05, 3.63) is 54.0 Å². The van der Waals surface area contributed by atoms with Crippen LogP contribution in [-0.4, -0.2) is 34.5 Å². The van der Waals surface area contributed by atoms with E-state index in [4.69, 9.17) is 0 Å². The van der Waals surface area contributed by atoms with Crippen molar-refractivity contribution in [3.8, 4) is 0 Å². The van der Waals surface area contributed by atoms with Gasteiger partial charge >= 0.3 is 0 Å². The smallest absolute Gasteiger partial charge is 0.217 e. The van der Waals surface area contributed by atoms with Crippen LogP contribution in [0.2, 0.25) is 0 Å². The molecule has 0 saturated carbocycles. The molecule has 1 aliphatic heterocycles. The highest BCUT2D eigenvalue weighted by Gasteiger charge is 2.32. The van der Waals surface area contributed by atoms with E-state index in [0.717, 1.165) is 37.4 Å². The summed E-state index contributed by atoms with van der Waals surface area (Å²) in [6.45, 7) is 4.45. The fourth-order valence-corrected chi connectivity index (χ4v) is 3.48. The average molecular weight is 324 g/mol. The first kappa shape index (κ1) is 16.4. The first-order chi connectivity index (χ1) is 11.6. The van der Waals surface area contributed by atoms with E-state index in [1.165, 1.54) is 5.56 Å². The van der Waals surface area contributed by atoms with Gasteiger partial charge in [0.25, 0.3) is 0 Å². The largest absolute Gasteiger partial charge is 0.352 e. The van der Waals surface area contributed by atoms with E-state index in [1.54, 1.807) is 13.1 Å². The molecular formula is C19H24N4O. The zero-order chi connectivity index (χ0) is 16.9. The molecule has 0 spiro atoms. The number of amides is 1. The third-order valence-electron chi connectivity index (χ3n) is 4.51. The van der Waals surface area contributed by atoms with Gasteiger partial charge in [-0.05, 0) is 37.8 Å². The number of benzene rings is 1. The topological polar surface area (TPSA) is 58.1 Å². The molecule has 1 amide bonds. The Kier molecular flexibility index (Phi) is 5.08. The highest BCUT2D eigenvalue weighted by molar-refractivity contribution is 5.73. The molecule has 1 aromatic heterocycles. The molecule has 1 aromatic carbocycles. The lowest BCUT2D eigenvalue weighted by Crippen LogP contribution is -2.56. The van der Waals surface area contributed by atoms with E-state index in [-0.39, 0.29) is 18.0 Å². The summed E-state index contributed by atoms with van der Waals surface area (Å²) in [5.41, 5.74) is 1.27. The van der Waals surface area contributed by atoms with E-state index in [1.807, 2.05) is 19.1 Å². The Morgan fingerprint density at radius 2 is 2.08 bits per heavy atom. The minimum absolute atomic E-state index is 0.0266. The molecule has 5 nitrogen and oxygen atoms in total. The van der Waals surface area contributed by atoms with Crippen LogP contribution in [0.15, 0.2) is 42.6 Å². The van der Waals surface area contributed by atoms with Crippen LogP contribution in [0.25, 0.3) is 0 Å². The lowest BCUT2D eigenvalue weighted by atomic mass is 9.90. The molecule has 0 aliphatic carbocycles. The van der Waals surface area contributed by atoms with Gasteiger partial charge in [-0.25, -0.2) is 9.97 Å². The van der Waals surface area contributed by atoms with E-state index >= 15 is 0 Å². The van der Waals surface area contributed by atoms with Crippen LogP contribution in [0, 0.1) is 6.92 Å². The van der Waals surface area contributed by atoms with Crippen molar-refractivity contribution in [3.63, 3.8) is 0 Å². The molecule has 0 bridgehead atoms. The van der Waals surface area contributed by atoms with Gasteiger partial charge in [-0.3, -0.25) is 4.79 Å². The first-order valence-electron chi connectivity index (χ1n) is 8.51. The summed E-state index contributed by atoms with van der Waals surface area (Å²) >= 11 is 0. The molecular weight excluding hydrogens is 300 g/mol. The fourth-order valence-electron chi connectivity index (χ4n) is 3.48. The predicted molar refractivity (Wildman–Crippen MR) is 94.9 cm³/mol. The summed E-state index contributed by atoms with van der Waals surface area (Å²) < 4.78 is 0. The number of aromatic nitrogens is 2. The minimum atomic E-state index is 0.0266. The minimum Gasteiger partial charge on any atom is -0.352 e. The average Bonchev–Trinajstić information content (AvgIpc) is 2.57. The number of carbonyl (C=O) groups excluding carboxylic acids is 1. The maximum atomic E-state index is 11.7. The van der Waals surface area contributed by atoms with Crippen molar-refractivity contribution in [2.75, 3.05) is 11.4 Å². The van der Waals surface area contributed by atoms with Crippen LogP contribution >= 0.6 is 0 Å². The Bertz CT molecular complexity index is 689. The van der Waals surface area contributed by atoms with Gasteiger partial charge in [0.05, 0.1) is 6.04 Å². The molecule has 1 fully saturated rings. The molecule has 5 heteroatoms. The van der Waals surface area contributed by atoms with Crippen molar-refractivity contribution in [1.82, 2.24) is 15.3 Å². The van der Waals surface area contributed by atoms with Crippen LogP contribution in [0.3, 0.4) is 0 Å². The Labute approximate surface area is 143 Å². The van der Waals surface area contributed by atoms with Gasteiger partial charge in [0, 0.05) is 25.7 Å². The Morgan fingerprint density at radius 3 is 2.79 bits per heavy atom. The number of anilines is 1. The maximum Gasteiger partial charge on any atom is 0.217 e. The van der Waals surface area contributed by atoms with Crippen LogP contribution < -0.4 is 10.2 Å². The predicted octanol–water partition coefficient (Wildman–Crippen LogP) is 2.50. The Hall–Kier alpha value is -2.43. The van der Waals surface area contributed by atoms with Crippen molar-refractivity contribution in [2.45, 2.75) is 45.2 Å². The molecule has 1 aliphatic rings. The summed E-state index contributed by atoms with van der Waals surface area (Å²) in [7, 11) is 0. The number of hydrogen-bond donors (Lipinski definition) is 1. The number of carbonyl (C=O) groups is 1. The molecule has 2 aromatic rings. The highest BCUT2D eigenvalue weighted by atomic mass is 16.1. The molecule has 1 saturated heterocycles. The second kappa shape index (κ2) is 7.43. The van der Waals surface area contributed by atoms with E-state index in [9.17, 15) is 4.79 Å². The van der Waals surface area contributed by atoms with E-state index in [0.29, 0.717) is 0 Å². The van der Waals surface area contributed by atoms with E-state index in [2.05, 4.69) is 44.5 Å². The molecule has 126 valence electrons. The number of aryl methyl sites for hydroxylation is 1. The Balaban J connectivity index is 1.90. The van der Waals surface area contributed by atoms with Gasteiger partial charge in [0.2, 0.25) is 5.91 Å². The van der Waals surface area contributed by atoms with Crippen molar-refractivity contribution in [2.24, 2.45) is 0 Å². The van der Waals surface area contributed by atoms with Crippen LogP contribution in [0.1, 0.15) is 31.2 Å². The van der Waals surface area contributed by atoms with Gasteiger partial charge < -0.3 is 10.2 Å². The molecule has 24 heavy (non-hydrogen) atoms. The van der Waals surface area contributed by atoms with Gasteiger partial charge in [-0.1, -0.05) is 30.3 Å². The third-order valence-corrected chi connectivity index (χ3v) is 4.51. The molecule has 2 heterocycles. The molecule has 0 radical (unpaired) electrons. The number of rotatable bonds is 4. The summed E-state index contributed by atoms with van der Waals surface area (Å²) in [5.74, 6) is 1.74. The summed E-state index contributed by atoms with van der Waals surface area (Å²) in [6, 6.07) is 12.7. The summed E-state index contributed by atoms with van der Waals surface area (Å²) in [6.07, 6.45) is 4.73. The van der Waals surface area contributed by atoms with Crippen molar-refractivity contribution in [1.29, 1.82) is 0 Å². The standard InChI is InChI=1S/C19H24N4O/c1-14-20-11-10-19(21-14)23-12-6-9-17(22-15(2)24)18(23)13-16-7-4-3-5-8-16/h3-5,7-8,10-11,17-18H,6,9,12-13H2,1-2H3,(H,22,24)/t17-,18-/m0/s1. The number of nitrogens with zero attached hydrogens (tertiary/aromatic N) is 3. The summed E-state index contributed by atoms with van der Waals surface area (Å²) in [4.78, 5) is 22.8. The highest BCUT2D eigenvalue weighted by Crippen LogP contribution is 2.26. The quantitative estimate of drug-likeness (QED) is 0.939. The number of piperidine rings is 1. The van der Waals surface area contributed by atoms with Gasteiger partial charge in [0.1, 0.15) is 11.6 Å². The third kappa shape index (κ3) is 3.91. The SMILES string of the molecule is CC(=O)N[C@H]1CCCN(c2ccnc(C)n2)[C@H]1Cc1ccccc1. The number of hydrogen-bond acceptors (Lipinski definition) is 4. The number of nitrogens with one attached hydrogen (secondary N) is 1. The van der Waals surface area contributed by atoms with Crippen LogP contribution in [0.4, 0.5) is 5.82 Å². The molecule has 3 rings (SSSR count). The second-order valence-electron chi connectivity index (χ2n) is 6.36.